The number of rotatable bonds is 5. The second-order valence-corrected chi connectivity index (χ2v) is 9.30. The topological polar surface area (TPSA) is 94.2 Å². The van der Waals surface area contributed by atoms with E-state index in [0.29, 0.717) is 34.2 Å². The van der Waals surface area contributed by atoms with Gasteiger partial charge in [0.25, 0.3) is 5.91 Å². The third-order valence-corrected chi connectivity index (χ3v) is 6.91. The van der Waals surface area contributed by atoms with Gasteiger partial charge < -0.3 is 19.5 Å². The molecule has 0 fully saturated rings. The van der Waals surface area contributed by atoms with E-state index in [2.05, 4.69) is 5.32 Å². The van der Waals surface area contributed by atoms with Gasteiger partial charge in [-0.15, -0.1) is 0 Å². The van der Waals surface area contributed by atoms with Crippen molar-refractivity contribution >= 4 is 27.3 Å². The van der Waals surface area contributed by atoms with Gasteiger partial charge in [0.05, 0.1) is 18.0 Å². The molecule has 0 spiro atoms. The average molecular weight is 452 g/mol. The van der Waals surface area contributed by atoms with Crippen LogP contribution in [0.2, 0.25) is 0 Å². The average Bonchev–Trinajstić information content (AvgIpc) is 3.26. The Morgan fingerprint density at radius 2 is 1.69 bits per heavy atom. The highest BCUT2D eigenvalue weighted by molar-refractivity contribution is 7.92. The van der Waals surface area contributed by atoms with E-state index in [9.17, 15) is 13.2 Å². The third kappa shape index (κ3) is 3.94. The van der Waals surface area contributed by atoms with Gasteiger partial charge in [0.2, 0.25) is 16.8 Å². The van der Waals surface area contributed by atoms with Crippen LogP contribution in [0.25, 0.3) is 0 Å². The van der Waals surface area contributed by atoms with Crippen molar-refractivity contribution in [3.63, 3.8) is 0 Å². The number of carbonyl (C=O) groups excluding carboxylic acids is 1. The summed E-state index contributed by atoms with van der Waals surface area (Å²) < 4.78 is 44.3. The minimum absolute atomic E-state index is 0.128. The van der Waals surface area contributed by atoms with Crippen LogP contribution in [0.4, 0.5) is 11.4 Å². The molecule has 1 atom stereocenters. The molecule has 2 heterocycles. The molecular formula is C23H20N2O6S. The molecule has 9 heteroatoms. The number of benzene rings is 3. The van der Waals surface area contributed by atoms with Gasteiger partial charge in [-0.3, -0.25) is 9.10 Å². The van der Waals surface area contributed by atoms with Crippen LogP contribution >= 0.6 is 0 Å². The summed E-state index contributed by atoms with van der Waals surface area (Å²) in [7, 11) is -3.76. The Balaban J connectivity index is 1.40. The van der Waals surface area contributed by atoms with Gasteiger partial charge in [0.15, 0.2) is 17.6 Å². The van der Waals surface area contributed by atoms with Gasteiger partial charge in [-0.25, -0.2) is 8.42 Å². The summed E-state index contributed by atoms with van der Waals surface area (Å²) in [5.74, 6) is 0.826. The van der Waals surface area contributed by atoms with E-state index in [1.807, 2.05) is 6.07 Å². The van der Waals surface area contributed by atoms with Gasteiger partial charge in [-0.2, -0.15) is 0 Å². The largest absolute Gasteiger partial charge is 0.476 e. The molecule has 0 saturated heterocycles. The van der Waals surface area contributed by atoms with E-state index in [-0.39, 0.29) is 19.1 Å². The van der Waals surface area contributed by atoms with Crippen LogP contribution in [0.3, 0.4) is 0 Å². The first-order chi connectivity index (χ1) is 15.5. The van der Waals surface area contributed by atoms with Crippen LogP contribution < -0.4 is 23.8 Å². The highest BCUT2D eigenvalue weighted by Gasteiger charge is 2.36. The zero-order valence-electron chi connectivity index (χ0n) is 16.9. The number of anilines is 2. The van der Waals surface area contributed by atoms with E-state index < -0.39 is 22.0 Å². The van der Waals surface area contributed by atoms with Gasteiger partial charge in [-0.1, -0.05) is 42.5 Å². The Morgan fingerprint density at radius 1 is 0.938 bits per heavy atom. The molecule has 1 amide bonds. The smallest absolute Gasteiger partial charge is 0.267 e. The number of fused-ring (bicyclic) bond motifs is 2. The minimum Gasteiger partial charge on any atom is -0.476 e. The molecule has 0 bridgehead atoms. The maximum Gasteiger partial charge on any atom is 0.267 e. The van der Waals surface area contributed by atoms with Crippen LogP contribution in [0.5, 0.6) is 17.2 Å². The fraction of sp³-hybridized carbons (Fsp3) is 0.174. The predicted molar refractivity (Wildman–Crippen MR) is 118 cm³/mol. The van der Waals surface area contributed by atoms with Crippen molar-refractivity contribution < 1.29 is 27.4 Å². The maximum absolute atomic E-state index is 13.3. The molecule has 32 heavy (non-hydrogen) atoms. The molecule has 3 aromatic rings. The summed E-state index contributed by atoms with van der Waals surface area (Å²) in [4.78, 5) is 13.0. The van der Waals surface area contributed by atoms with Gasteiger partial charge in [0, 0.05) is 11.8 Å². The summed E-state index contributed by atoms with van der Waals surface area (Å²) in [5, 5.41) is 2.77. The fourth-order valence-electron chi connectivity index (χ4n) is 3.66. The molecule has 5 rings (SSSR count). The van der Waals surface area contributed by atoms with Crippen molar-refractivity contribution in [1.29, 1.82) is 0 Å². The first-order valence-electron chi connectivity index (χ1n) is 10.0. The summed E-state index contributed by atoms with van der Waals surface area (Å²) in [6.07, 6.45) is -1.03. The van der Waals surface area contributed by atoms with E-state index in [0.717, 1.165) is 0 Å². The minimum atomic E-state index is -3.76. The number of para-hydroxylation sites is 2. The lowest BCUT2D eigenvalue weighted by molar-refractivity contribution is -0.122. The summed E-state index contributed by atoms with van der Waals surface area (Å²) in [5.41, 5.74) is 1.58. The molecule has 0 aromatic heterocycles. The molecule has 0 unspecified atom stereocenters. The molecule has 1 N–H and O–H groups in total. The number of carbonyl (C=O) groups is 1. The Bertz CT molecular complexity index is 1260. The molecule has 8 nitrogen and oxygen atoms in total. The first kappa shape index (κ1) is 20.2. The lowest BCUT2D eigenvalue weighted by atomic mass is 10.2. The zero-order valence-corrected chi connectivity index (χ0v) is 17.7. The van der Waals surface area contributed by atoms with Crippen molar-refractivity contribution in [2.24, 2.45) is 0 Å². The van der Waals surface area contributed by atoms with E-state index >= 15 is 0 Å². The van der Waals surface area contributed by atoms with Crippen LogP contribution in [0.15, 0.2) is 72.8 Å². The second kappa shape index (κ2) is 8.08. The molecule has 0 saturated carbocycles. The van der Waals surface area contributed by atoms with Crippen molar-refractivity contribution in [2.75, 3.05) is 23.0 Å². The van der Waals surface area contributed by atoms with Crippen molar-refractivity contribution in [2.45, 2.75) is 11.9 Å². The molecule has 0 aliphatic carbocycles. The molecule has 2 aliphatic rings. The summed E-state index contributed by atoms with van der Waals surface area (Å²) in [6, 6.07) is 20.8. The first-order valence-corrected chi connectivity index (χ1v) is 11.6. The van der Waals surface area contributed by atoms with Crippen LogP contribution in [-0.2, 0) is 20.6 Å². The Labute approximate surface area is 185 Å². The summed E-state index contributed by atoms with van der Waals surface area (Å²) in [6.45, 7) is -0.00788. The molecular weight excluding hydrogens is 432 g/mol. The van der Waals surface area contributed by atoms with Gasteiger partial charge >= 0.3 is 0 Å². The van der Waals surface area contributed by atoms with Crippen molar-refractivity contribution in [3.05, 3.63) is 78.4 Å². The SMILES string of the molecule is O=C(Nc1ccc2c(c1)OCO2)[C@H]1CN(S(=O)(=O)Cc2ccccc2)c2ccccc2O1. The van der Waals surface area contributed by atoms with Gasteiger partial charge in [-0.05, 0) is 29.8 Å². The number of hydrogen-bond acceptors (Lipinski definition) is 6. The van der Waals surface area contributed by atoms with Crippen molar-refractivity contribution in [3.8, 4) is 17.2 Å². The van der Waals surface area contributed by atoms with Crippen molar-refractivity contribution in [1.82, 2.24) is 0 Å². The monoisotopic (exact) mass is 452 g/mol. The van der Waals surface area contributed by atoms with Gasteiger partial charge in [0.1, 0.15) is 5.75 Å². The highest BCUT2D eigenvalue weighted by Crippen LogP contribution is 2.37. The lowest BCUT2D eigenvalue weighted by Crippen LogP contribution is -2.49. The molecule has 2 aliphatic heterocycles. The Hall–Kier alpha value is -3.72. The van der Waals surface area contributed by atoms with E-state index in [1.54, 1.807) is 66.7 Å². The summed E-state index contributed by atoms with van der Waals surface area (Å²) >= 11 is 0. The number of hydrogen-bond donors (Lipinski definition) is 1. The highest BCUT2D eigenvalue weighted by atomic mass is 32.2. The third-order valence-electron chi connectivity index (χ3n) is 5.20. The number of ether oxygens (including phenoxy) is 3. The normalized spacial score (nSPS) is 16.8. The van der Waals surface area contributed by atoms with E-state index in [1.165, 1.54) is 4.31 Å². The quantitative estimate of drug-likeness (QED) is 0.639. The molecule has 164 valence electrons. The lowest BCUT2D eigenvalue weighted by Gasteiger charge is -2.34. The standard InChI is InChI=1S/C23H20N2O6S/c26-23(24-17-10-11-20-21(12-17)30-15-29-20)22-13-25(18-8-4-5-9-19(18)31-22)32(27,28)14-16-6-2-1-3-7-16/h1-12,22H,13-15H2,(H,24,26)/t22-/m1/s1. The predicted octanol–water partition coefficient (Wildman–Crippen LogP) is 3.15. The maximum atomic E-state index is 13.3. The second-order valence-electron chi connectivity index (χ2n) is 7.40. The number of amides is 1. The number of nitrogens with zero attached hydrogens (tertiary/aromatic N) is 1. The van der Waals surface area contributed by atoms with Crippen LogP contribution in [0, 0.1) is 0 Å². The number of sulfonamides is 1. The Morgan fingerprint density at radius 3 is 2.53 bits per heavy atom. The Kier molecular flexibility index (Phi) is 5.10. The van der Waals surface area contributed by atoms with E-state index in [4.69, 9.17) is 14.2 Å². The van der Waals surface area contributed by atoms with Crippen LogP contribution in [0.1, 0.15) is 5.56 Å². The molecule has 3 aromatic carbocycles. The molecule has 0 radical (unpaired) electrons. The zero-order chi connectivity index (χ0) is 22.1. The fourth-order valence-corrected chi connectivity index (χ4v) is 5.24. The number of nitrogens with one attached hydrogen (secondary N) is 1. The van der Waals surface area contributed by atoms with Crippen LogP contribution in [-0.4, -0.2) is 33.8 Å².